The molecule has 228 valence electrons. The Labute approximate surface area is 245 Å². The van der Waals surface area contributed by atoms with Crippen molar-refractivity contribution >= 4 is 12.0 Å². The van der Waals surface area contributed by atoms with Crippen LogP contribution in [-0.2, 0) is 9.53 Å². The Kier molecular flexibility index (Phi) is 9.43. The van der Waals surface area contributed by atoms with Crippen LogP contribution in [0.5, 0.6) is 28.7 Å². The molecule has 6 N–H and O–H groups in total. The molecule has 2 heterocycles. The van der Waals surface area contributed by atoms with Gasteiger partial charge in [-0.05, 0) is 86.3 Å². The van der Waals surface area contributed by atoms with Crippen LogP contribution < -0.4 is 40.6 Å². The summed E-state index contributed by atoms with van der Waals surface area (Å²) in [5, 5.41) is 20.0. The predicted octanol–water partition coefficient (Wildman–Crippen LogP) is 2.52. The van der Waals surface area contributed by atoms with Crippen molar-refractivity contribution in [3.8, 4) is 28.7 Å². The first kappa shape index (κ1) is 29.6. The molecule has 1 unspecified atom stereocenters. The summed E-state index contributed by atoms with van der Waals surface area (Å²) in [6, 6.07) is 6.32. The van der Waals surface area contributed by atoms with E-state index in [1.165, 1.54) is 14.2 Å². The number of benzene rings is 2. The second-order valence-electron chi connectivity index (χ2n) is 10.7. The van der Waals surface area contributed by atoms with E-state index in [1.54, 1.807) is 12.1 Å². The number of hydrogen-bond donors (Lipinski definition) is 5. The fourth-order valence-electron chi connectivity index (χ4n) is 6.13. The first-order chi connectivity index (χ1) is 20.5. The smallest absolute Gasteiger partial charge is 0.315 e. The molecule has 42 heavy (non-hydrogen) atoms. The molecule has 12 nitrogen and oxygen atoms in total. The van der Waals surface area contributed by atoms with Gasteiger partial charge in [0, 0.05) is 18.4 Å². The SMILES string of the molecule is COc1cc(C2c3cc4c(cc3[C@@H](NC(=O)NCCCCNCCCCN)[C@H]3COC(=O)[C@H]23)OCO4)cc(OC)c1O. The summed E-state index contributed by atoms with van der Waals surface area (Å²) in [5.74, 6) is -0.335. The quantitative estimate of drug-likeness (QED) is 0.175. The summed E-state index contributed by atoms with van der Waals surface area (Å²) in [5.41, 5.74) is 7.83. The van der Waals surface area contributed by atoms with Crippen molar-refractivity contribution < 1.29 is 38.4 Å². The van der Waals surface area contributed by atoms with Gasteiger partial charge in [-0.25, -0.2) is 4.79 Å². The number of unbranched alkanes of at least 4 members (excludes halogenated alkanes) is 2. The van der Waals surface area contributed by atoms with Crippen LogP contribution in [0.2, 0.25) is 0 Å². The fraction of sp³-hybridized carbons (Fsp3) is 0.533. The number of esters is 1. The molecule has 1 fully saturated rings. The van der Waals surface area contributed by atoms with Gasteiger partial charge in [0.1, 0.15) is 0 Å². The van der Waals surface area contributed by atoms with Crippen molar-refractivity contribution in [1.82, 2.24) is 16.0 Å². The zero-order valence-corrected chi connectivity index (χ0v) is 24.1. The summed E-state index contributed by atoms with van der Waals surface area (Å²) in [7, 11) is 2.91. The lowest BCUT2D eigenvalue weighted by atomic mass is 9.65. The van der Waals surface area contributed by atoms with Gasteiger partial charge in [-0.15, -0.1) is 0 Å². The van der Waals surface area contributed by atoms with E-state index < -0.39 is 17.9 Å². The van der Waals surface area contributed by atoms with Gasteiger partial charge in [-0.3, -0.25) is 4.79 Å². The number of amides is 2. The number of urea groups is 1. The third kappa shape index (κ3) is 6.00. The summed E-state index contributed by atoms with van der Waals surface area (Å²) in [6.45, 7) is 3.29. The monoisotopic (exact) mass is 584 g/mol. The van der Waals surface area contributed by atoms with E-state index in [1.807, 2.05) is 12.1 Å². The van der Waals surface area contributed by atoms with Gasteiger partial charge in [0.05, 0.1) is 32.8 Å². The largest absolute Gasteiger partial charge is 0.502 e. The molecule has 2 amide bonds. The van der Waals surface area contributed by atoms with E-state index in [2.05, 4.69) is 16.0 Å². The number of hydrogen-bond acceptors (Lipinski definition) is 10. The number of aromatic hydroxyl groups is 1. The fourth-order valence-corrected chi connectivity index (χ4v) is 6.13. The highest BCUT2D eigenvalue weighted by molar-refractivity contribution is 5.80. The number of phenolic OH excluding ortho intramolecular Hbond substituents is 1. The number of phenols is 1. The number of nitrogens with one attached hydrogen (secondary N) is 3. The van der Waals surface area contributed by atoms with Crippen molar-refractivity contribution in [3.05, 3.63) is 41.0 Å². The highest BCUT2D eigenvalue weighted by atomic mass is 16.7. The Morgan fingerprint density at radius 1 is 0.952 bits per heavy atom. The number of rotatable bonds is 13. The lowest BCUT2D eigenvalue weighted by Gasteiger charge is -2.39. The number of fused-ring (bicyclic) bond motifs is 3. The van der Waals surface area contributed by atoms with Crippen molar-refractivity contribution in [3.63, 3.8) is 0 Å². The van der Waals surface area contributed by atoms with Crippen LogP contribution in [0.3, 0.4) is 0 Å². The van der Waals surface area contributed by atoms with Crippen LogP contribution >= 0.6 is 0 Å². The molecule has 1 saturated heterocycles. The van der Waals surface area contributed by atoms with Gasteiger partial charge in [-0.2, -0.15) is 0 Å². The second-order valence-corrected chi connectivity index (χ2v) is 10.7. The molecular formula is C30H40N4O8. The number of carbonyl (C=O) groups is 2. The minimum Gasteiger partial charge on any atom is -0.502 e. The van der Waals surface area contributed by atoms with E-state index in [-0.39, 0.29) is 48.6 Å². The van der Waals surface area contributed by atoms with E-state index in [9.17, 15) is 14.7 Å². The molecule has 2 aromatic rings. The zero-order valence-electron chi connectivity index (χ0n) is 24.1. The molecule has 1 aliphatic carbocycles. The summed E-state index contributed by atoms with van der Waals surface area (Å²) < 4.78 is 27.8. The lowest BCUT2D eigenvalue weighted by Crippen LogP contribution is -2.46. The van der Waals surface area contributed by atoms with E-state index in [0.29, 0.717) is 30.2 Å². The molecule has 0 spiro atoms. The maximum Gasteiger partial charge on any atom is 0.315 e. The molecule has 12 heteroatoms. The van der Waals surface area contributed by atoms with Gasteiger partial charge < -0.3 is 50.5 Å². The van der Waals surface area contributed by atoms with Crippen LogP contribution in [-0.4, -0.2) is 70.9 Å². The van der Waals surface area contributed by atoms with Crippen molar-refractivity contribution in [2.75, 3.05) is 53.8 Å². The average Bonchev–Trinajstić information content (AvgIpc) is 3.62. The minimum atomic E-state index is -0.604. The number of ether oxygens (including phenoxy) is 5. The first-order valence-corrected chi connectivity index (χ1v) is 14.5. The summed E-state index contributed by atoms with van der Waals surface area (Å²) in [6.07, 6.45) is 3.84. The van der Waals surface area contributed by atoms with Gasteiger partial charge >= 0.3 is 12.0 Å². The number of methoxy groups -OCH3 is 2. The number of cyclic esters (lactones) is 1. The van der Waals surface area contributed by atoms with Crippen LogP contribution in [0.15, 0.2) is 24.3 Å². The average molecular weight is 585 g/mol. The van der Waals surface area contributed by atoms with Crippen LogP contribution in [0.1, 0.15) is 54.3 Å². The van der Waals surface area contributed by atoms with Gasteiger partial charge in [-0.1, -0.05) is 0 Å². The number of nitrogens with two attached hydrogens (primary N) is 1. The van der Waals surface area contributed by atoms with Gasteiger partial charge in [0.2, 0.25) is 12.5 Å². The van der Waals surface area contributed by atoms with E-state index >= 15 is 0 Å². The summed E-state index contributed by atoms with van der Waals surface area (Å²) >= 11 is 0. The topological polar surface area (TPSA) is 163 Å². The van der Waals surface area contributed by atoms with Crippen molar-refractivity contribution in [2.45, 2.75) is 37.6 Å². The number of carbonyl (C=O) groups excluding carboxylic acids is 2. The third-order valence-corrected chi connectivity index (χ3v) is 8.21. The molecule has 0 bridgehead atoms. The van der Waals surface area contributed by atoms with Crippen LogP contribution in [0.4, 0.5) is 4.79 Å². The Morgan fingerprint density at radius 2 is 1.60 bits per heavy atom. The second kappa shape index (κ2) is 13.4. The molecule has 0 saturated carbocycles. The molecular weight excluding hydrogens is 544 g/mol. The molecule has 0 radical (unpaired) electrons. The van der Waals surface area contributed by atoms with Crippen LogP contribution in [0.25, 0.3) is 0 Å². The van der Waals surface area contributed by atoms with Crippen molar-refractivity contribution in [1.29, 1.82) is 0 Å². The first-order valence-electron chi connectivity index (χ1n) is 14.5. The van der Waals surface area contributed by atoms with Crippen molar-refractivity contribution in [2.24, 2.45) is 17.6 Å². The normalized spacial score (nSPS) is 21.7. The zero-order chi connectivity index (χ0) is 29.6. The standard InChI is InChI=1S/C30H40N4O8/c1-38-23-11-17(12-24(39-2)28(23)35)25-18-13-21-22(42-16-41-21)14-19(18)27(20-15-40-29(36)26(20)25)34-30(37)33-10-6-5-9-32-8-4-3-7-31/h11-14,20,25-27,32,35H,3-10,15-16,31H2,1-2H3,(H2,33,34,37)/t20-,25?,26-,27+/m0/s1. The Hall–Kier alpha value is -3.90. The van der Waals surface area contributed by atoms with E-state index in [0.717, 1.165) is 49.9 Å². The van der Waals surface area contributed by atoms with Gasteiger partial charge in [0.15, 0.2) is 23.0 Å². The third-order valence-electron chi connectivity index (χ3n) is 8.21. The Morgan fingerprint density at radius 3 is 2.26 bits per heavy atom. The highest BCUT2D eigenvalue weighted by Gasteiger charge is 2.53. The highest BCUT2D eigenvalue weighted by Crippen LogP contribution is 2.55. The Balaban J connectivity index is 1.38. The molecule has 2 aromatic carbocycles. The Bertz CT molecular complexity index is 1260. The predicted molar refractivity (Wildman–Crippen MR) is 153 cm³/mol. The molecule has 0 aromatic heterocycles. The molecule has 5 rings (SSSR count). The molecule has 3 aliphatic rings. The van der Waals surface area contributed by atoms with E-state index in [4.69, 9.17) is 29.4 Å². The summed E-state index contributed by atoms with van der Waals surface area (Å²) in [4.78, 5) is 26.4. The maximum atomic E-state index is 13.3. The molecule has 4 atom stereocenters. The lowest BCUT2D eigenvalue weighted by molar-refractivity contribution is -0.141. The van der Waals surface area contributed by atoms with Crippen LogP contribution in [0, 0.1) is 11.8 Å². The molecule has 2 aliphatic heterocycles. The minimum absolute atomic E-state index is 0.0824. The maximum absolute atomic E-state index is 13.3. The van der Waals surface area contributed by atoms with Gasteiger partial charge in [0.25, 0.3) is 0 Å².